The number of rotatable bonds is 7. The van der Waals surface area contributed by atoms with Crippen molar-refractivity contribution in [2.75, 3.05) is 20.3 Å². The average Bonchev–Trinajstić information content (AvgIpc) is 2.36. The molecule has 0 aliphatic heterocycles. The van der Waals surface area contributed by atoms with Crippen molar-refractivity contribution in [2.45, 2.75) is 45.1 Å². The topological polar surface area (TPSA) is 21.3 Å². The lowest BCUT2D eigenvalue weighted by Gasteiger charge is -2.38. The van der Waals surface area contributed by atoms with Gasteiger partial charge in [0.05, 0.1) is 0 Å². The van der Waals surface area contributed by atoms with Gasteiger partial charge in [0.2, 0.25) is 0 Å². The molecule has 0 spiro atoms. The van der Waals surface area contributed by atoms with Crippen LogP contribution < -0.4 is 5.32 Å². The number of hydrogen-bond acceptors (Lipinski definition) is 2. The minimum absolute atomic E-state index is 0.318. The van der Waals surface area contributed by atoms with Crippen molar-refractivity contribution in [1.29, 1.82) is 0 Å². The summed E-state index contributed by atoms with van der Waals surface area (Å²) in [6.45, 7) is 6.54. The molecule has 1 N–H and O–H groups in total. The highest BCUT2D eigenvalue weighted by Gasteiger charge is 2.31. The third-order valence-corrected chi connectivity index (χ3v) is 4.86. The predicted octanol–water partition coefficient (Wildman–Crippen LogP) is 4.35. The van der Waals surface area contributed by atoms with Crippen molar-refractivity contribution < 1.29 is 4.74 Å². The average molecular weight is 340 g/mol. The van der Waals surface area contributed by atoms with Crippen LogP contribution in [0.4, 0.5) is 0 Å². The number of hydrogen-bond donors (Lipinski definition) is 1. The monoisotopic (exact) mass is 339 g/mol. The molecule has 112 valence electrons. The first-order chi connectivity index (χ1) is 9.50. The lowest BCUT2D eigenvalue weighted by atomic mass is 9.75. The van der Waals surface area contributed by atoms with Crippen molar-refractivity contribution in [3.63, 3.8) is 0 Å². The van der Waals surface area contributed by atoms with Gasteiger partial charge in [-0.25, -0.2) is 0 Å². The van der Waals surface area contributed by atoms with E-state index in [1.807, 2.05) is 0 Å². The van der Waals surface area contributed by atoms with E-state index in [1.165, 1.54) is 18.4 Å². The summed E-state index contributed by atoms with van der Waals surface area (Å²) in [5.74, 6) is 0.739. The summed E-state index contributed by atoms with van der Waals surface area (Å²) in [6.07, 6.45) is 3.64. The first-order valence-electron chi connectivity index (χ1n) is 7.48. The van der Waals surface area contributed by atoms with Crippen molar-refractivity contribution in [2.24, 2.45) is 5.41 Å². The number of benzene rings is 1. The minimum Gasteiger partial charge on any atom is -0.385 e. The maximum absolute atomic E-state index is 5.18. The Hall–Kier alpha value is -0.380. The van der Waals surface area contributed by atoms with Crippen LogP contribution in [0.3, 0.4) is 0 Å². The second kappa shape index (κ2) is 7.06. The molecule has 2 rings (SSSR count). The van der Waals surface area contributed by atoms with Gasteiger partial charge in [0.1, 0.15) is 0 Å². The van der Waals surface area contributed by atoms with Gasteiger partial charge < -0.3 is 10.1 Å². The van der Waals surface area contributed by atoms with Crippen LogP contribution in [-0.4, -0.2) is 26.3 Å². The van der Waals surface area contributed by atoms with E-state index in [1.54, 1.807) is 7.11 Å². The molecule has 1 aromatic carbocycles. The maximum Gasteiger partial charge on any atom is 0.0467 e. The van der Waals surface area contributed by atoms with E-state index < -0.39 is 0 Å². The van der Waals surface area contributed by atoms with E-state index in [4.69, 9.17) is 4.74 Å². The first kappa shape index (κ1) is 16.0. The van der Waals surface area contributed by atoms with Crippen LogP contribution in [0.1, 0.15) is 44.6 Å². The standard InChI is InChI=1S/C17H26BrNO/c1-17(2,8-9-20-3)12-19-16-10-14(11-16)13-4-6-15(18)7-5-13/h4-7,14,16,19H,8-12H2,1-3H3. The van der Waals surface area contributed by atoms with Crippen LogP contribution in [0, 0.1) is 5.41 Å². The van der Waals surface area contributed by atoms with Crippen molar-refractivity contribution in [3.8, 4) is 0 Å². The number of methoxy groups -OCH3 is 1. The van der Waals surface area contributed by atoms with Crippen molar-refractivity contribution in [1.82, 2.24) is 5.32 Å². The molecule has 1 saturated carbocycles. The van der Waals surface area contributed by atoms with Gasteiger partial charge in [-0.15, -0.1) is 0 Å². The van der Waals surface area contributed by atoms with Crippen LogP contribution in [0.25, 0.3) is 0 Å². The smallest absolute Gasteiger partial charge is 0.0467 e. The van der Waals surface area contributed by atoms with Crippen LogP contribution in [0.5, 0.6) is 0 Å². The summed E-state index contributed by atoms with van der Waals surface area (Å²) in [5, 5.41) is 3.71. The number of nitrogens with one attached hydrogen (secondary N) is 1. The Bertz CT molecular complexity index is 410. The van der Waals surface area contributed by atoms with E-state index in [0.717, 1.165) is 30.0 Å². The van der Waals surface area contributed by atoms with Crippen LogP contribution in [0.15, 0.2) is 28.7 Å². The molecule has 0 atom stereocenters. The normalized spacial score (nSPS) is 22.6. The zero-order valence-corrected chi connectivity index (χ0v) is 14.4. The summed E-state index contributed by atoms with van der Waals surface area (Å²) in [4.78, 5) is 0. The second-order valence-electron chi connectivity index (χ2n) is 6.70. The van der Waals surface area contributed by atoms with Gasteiger partial charge >= 0.3 is 0 Å². The summed E-state index contributed by atoms with van der Waals surface area (Å²) < 4.78 is 6.34. The Kier molecular flexibility index (Phi) is 5.65. The third kappa shape index (κ3) is 4.57. The fourth-order valence-electron chi connectivity index (χ4n) is 2.68. The molecule has 0 bridgehead atoms. The van der Waals surface area contributed by atoms with Crippen molar-refractivity contribution >= 4 is 15.9 Å². The molecule has 0 unspecified atom stereocenters. The van der Waals surface area contributed by atoms with E-state index in [9.17, 15) is 0 Å². The number of halogens is 1. The van der Waals surface area contributed by atoms with Gasteiger partial charge in [0, 0.05) is 30.8 Å². The fraction of sp³-hybridized carbons (Fsp3) is 0.647. The third-order valence-electron chi connectivity index (χ3n) is 4.33. The van der Waals surface area contributed by atoms with Gasteiger partial charge in [-0.05, 0) is 48.3 Å². The maximum atomic E-state index is 5.18. The molecule has 0 heterocycles. The summed E-state index contributed by atoms with van der Waals surface area (Å²) in [7, 11) is 1.78. The van der Waals surface area contributed by atoms with Gasteiger partial charge in [0.25, 0.3) is 0 Å². The SMILES string of the molecule is COCCC(C)(C)CNC1CC(c2ccc(Br)cc2)C1. The Labute approximate surface area is 131 Å². The molecule has 2 nitrogen and oxygen atoms in total. The molecule has 1 aliphatic carbocycles. The van der Waals surface area contributed by atoms with Gasteiger partial charge in [0.15, 0.2) is 0 Å². The Morgan fingerprint density at radius 3 is 2.50 bits per heavy atom. The largest absolute Gasteiger partial charge is 0.385 e. The molecule has 0 radical (unpaired) electrons. The lowest BCUT2D eigenvalue weighted by Crippen LogP contribution is -2.44. The molecule has 1 aliphatic rings. The van der Waals surface area contributed by atoms with Gasteiger partial charge in [-0.2, -0.15) is 0 Å². The van der Waals surface area contributed by atoms with E-state index >= 15 is 0 Å². The van der Waals surface area contributed by atoms with Crippen LogP contribution in [0.2, 0.25) is 0 Å². The molecule has 3 heteroatoms. The van der Waals surface area contributed by atoms with E-state index in [0.29, 0.717) is 11.5 Å². The zero-order valence-electron chi connectivity index (χ0n) is 12.8. The summed E-state index contributed by atoms with van der Waals surface area (Å²) >= 11 is 3.49. The highest BCUT2D eigenvalue weighted by Crippen LogP contribution is 2.37. The molecule has 20 heavy (non-hydrogen) atoms. The zero-order chi connectivity index (χ0) is 14.6. The summed E-state index contributed by atoms with van der Waals surface area (Å²) in [6, 6.07) is 9.46. The molecule has 0 aromatic heterocycles. The van der Waals surface area contributed by atoms with E-state index in [-0.39, 0.29) is 0 Å². The van der Waals surface area contributed by atoms with Gasteiger partial charge in [-0.3, -0.25) is 0 Å². The van der Waals surface area contributed by atoms with Crippen LogP contribution >= 0.6 is 15.9 Å². The molecule has 0 amide bonds. The van der Waals surface area contributed by atoms with E-state index in [2.05, 4.69) is 59.4 Å². The quantitative estimate of drug-likeness (QED) is 0.797. The molecule has 1 aromatic rings. The number of ether oxygens (including phenoxy) is 1. The van der Waals surface area contributed by atoms with Crippen LogP contribution in [-0.2, 0) is 4.74 Å². The Balaban J connectivity index is 1.70. The lowest BCUT2D eigenvalue weighted by molar-refractivity contribution is 0.144. The highest BCUT2D eigenvalue weighted by molar-refractivity contribution is 9.10. The predicted molar refractivity (Wildman–Crippen MR) is 88.2 cm³/mol. The molecular formula is C17H26BrNO. The molecule has 1 fully saturated rings. The minimum atomic E-state index is 0.318. The summed E-state index contributed by atoms with van der Waals surface area (Å²) in [5.41, 5.74) is 1.79. The Morgan fingerprint density at radius 1 is 1.25 bits per heavy atom. The first-order valence-corrected chi connectivity index (χ1v) is 8.27. The second-order valence-corrected chi connectivity index (χ2v) is 7.62. The van der Waals surface area contributed by atoms with Gasteiger partial charge in [-0.1, -0.05) is 41.9 Å². The highest BCUT2D eigenvalue weighted by atomic mass is 79.9. The fourth-order valence-corrected chi connectivity index (χ4v) is 2.94. The van der Waals surface area contributed by atoms with Crippen molar-refractivity contribution in [3.05, 3.63) is 34.3 Å². The Morgan fingerprint density at radius 2 is 1.90 bits per heavy atom. The molecular weight excluding hydrogens is 314 g/mol. The molecule has 0 saturated heterocycles.